The predicted molar refractivity (Wildman–Crippen MR) is 69.2 cm³/mol. The van der Waals surface area contributed by atoms with Crippen LogP contribution in [-0.2, 0) is 0 Å². The molecule has 0 unspecified atom stereocenters. The van der Waals surface area contributed by atoms with Gasteiger partial charge < -0.3 is 0 Å². The van der Waals surface area contributed by atoms with E-state index in [4.69, 9.17) is 0 Å². The summed E-state index contributed by atoms with van der Waals surface area (Å²) in [7, 11) is 0. The smallest absolute Gasteiger partial charge is 0.166 e. The van der Waals surface area contributed by atoms with E-state index in [1.807, 2.05) is 19.1 Å². The van der Waals surface area contributed by atoms with Gasteiger partial charge in [-0.3, -0.25) is 0 Å². The third-order valence-corrected chi connectivity index (χ3v) is 2.55. The summed E-state index contributed by atoms with van der Waals surface area (Å²) in [6.45, 7) is 6.85. The van der Waals surface area contributed by atoms with Gasteiger partial charge in [0.1, 0.15) is 0 Å². The van der Waals surface area contributed by atoms with Crippen LogP contribution in [0, 0.1) is 6.92 Å². The first kappa shape index (κ1) is 14.3. The van der Waals surface area contributed by atoms with E-state index in [-0.39, 0.29) is 0 Å². The van der Waals surface area contributed by atoms with Crippen LogP contribution in [0.3, 0.4) is 0 Å². The first-order valence-electron chi connectivity index (χ1n) is 5.53. The maximum Gasteiger partial charge on any atom is 0.416 e. The molecule has 0 aliphatic rings. The van der Waals surface area contributed by atoms with Crippen molar-refractivity contribution in [3.8, 4) is 0 Å². The molecule has 1 aromatic rings. The highest BCUT2D eigenvalue weighted by Crippen LogP contribution is 2.29. The molecular weight excluding hydrogens is 237 g/mol. The summed E-state index contributed by atoms with van der Waals surface area (Å²) in [6, 6.07) is 7.35. The van der Waals surface area contributed by atoms with Gasteiger partial charge in [-0.25, -0.2) is 0 Å². The van der Waals surface area contributed by atoms with Gasteiger partial charge in [0.05, 0.1) is 5.57 Å². The van der Waals surface area contributed by atoms with Gasteiger partial charge in [-0.05, 0) is 31.1 Å². The lowest BCUT2D eigenvalue weighted by atomic mass is 10.0. The minimum Gasteiger partial charge on any atom is -0.166 e. The molecule has 1 rings (SSSR count). The number of aryl methyl sites for hydroxylation is 1. The van der Waals surface area contributed by atoms with Gasteiger partial charge in [-0.1, -0.05) is 48.6 Å². The Hall–Kier alpha value is -1.77. The van der Waals surface area contributed by atoms with E-state index in [1.54, 1.807) is 25.1 Å². The molecule has 18 heavy (non-hydrogen) atoms. The number of allylic oxidation sites excluding steroid dienone is 5. The maximum absolute atomic E-state index is 12.6. The molecule has 0 N–H and O–H groups in total. The highest BCUT2D eigenvalue weighted by Gasteiger charge is 2.31. The molecule has 0 radical (unpaired) electrons. The van der Waals surface area contributed by atoms with Crippen LogP contribution >= 0.6 is 0 Å². The second kappa shape index (κ2) is 5.71. The van der Waals surface area contributed by atoms with Crippen molar-refractivity contribution in [1.82, 2.24) is 0 Å². The first-order chi connectivity index (χ1) is 8.38. The topological polar surface area (TPSA) is 0 Å². The summed E-state index contributed by atoms with van der Waals surface area (Å²) < 4.78 is 37.9. The van der Waals surface area contributed by atoms with Gasteiger partial charge >= 0.3 is 6.18 Å². The average molecular weight is 252 g/mol. The highest BCUT2D eigenvalue weighted by molar-refractivity contribution is 5.75. The molecule has 96 valence electrons. The number of hydrogen-bond acceptors (Lipinski definition) is 0. The Morgan fingerprint density at radius 3 is 2.11 bits per heavy atom. The van der Waals surface area contributed by atoms with Crippen molar-refractivity contribution in [1.29, 1.82) is 0 Å². The van der Waals surface area contributed by atoms with Crippen LogP contribution in [0.5, 0.6) is 0 Å². The summed E-state index contributed by atoms with van der Waals surface area (Å²) in [6.07, 6.45) is -0.782. The van der Waals surface area contributed by atoms with E-state index in [9.17, 15) is 13.2 Å². The Balaban J connectivity index is 3.16. The predicted octanol–water partition coefficient (Wildman–Crippen LogP) is 5.07. The lowest BCUT2D eigenvalue weighted by Crippen LogP contribution is -2.09. The van der Waals surface area contributed by atoms with E-state index < -0.39 is 11.7 Å². The molecule has 0 spiro atoms. The molecular formula is C15H15F3. The van der Waals surface area contributed by atoms with E-state index in [1.165, 1.54) is 0 Å². The van der Waals surface area contributed by atoms with Crippen LogP contribution in [0.15, 0.2) is 54.6 Å². The fourth-order valence-corrected chi connectivity index (χ4v) is 1.50. The lowest BCUT2D eigenvalue weighted by molar-refractivity contribution is -0.0880. The third-order valence-electron chi connectivity index (χ3n) is 2.55. The minimum atomic E-state index is -4.37. The number of hydrogen-bond donors (Lipinski definition) is 0. The van der Waals surface area contributed by atoms with Crippen molar-refractivity contribution in [3.05, 3.63) is 65.8 Å². The fraction of sp³-hybridized carbons (Fsp3) is 0.200. The summed E-state index contributed by atoms with van der Waals surface area (Å²) >= 11 is 0. The number of alkyl halides is 3. The SMILES string of the molecule is C=C/C(=C\C(=C/C)c1ccc(C)cc1)C(F)(F)F. The summed E-state index contributed by atoms with van der Waals surface area (Å²) in [5.41, 5.74) is 1.61. The molecule has 1 aromatic carbocycles. The average Bonchev–Trinajstić information content (AvgIpc) is 2.30. The Bertz CT molecular complexity index is 473. The molecule has 0 aromatic heterocycles. The third kappa shape index (κ3) is 3.62. The largest absolute Gasteiger partial charge is 0.416 e. The molecule has 0 saturated carbocycles. The Morgan fingerprint density at radius 2 is 1.72 bits per heavy atom. The molecule has 0 nitrogen and oxygen atoms in total. The van der Waals surface area contributed by atoms with E-state index >= 15 is 0 Å². The molecule has 3 heteroatoms. The molecule has 0 heterocycles. The fourth-order valence-electron chi connectivity index (χ4n) is 1.50. The molecule has 0 aliphatic carbocycles. The zero-order valence-electron chi connectivity index (χ0n) is 10.4. The standard InChI is InChI=1S/C15H15F3/c1-4-12(10-14(5-2)15(16,17)18)13-8-6-11(3)7-9-13/h4-10H,2H2,1,3H3/b12-4+,14-10+. The normalized spacial score (nSPS) is 13.6. The number of rotatable bonds is 3. The van der Waals surface area contributed by atoms with Gasteiger partial charge in [0.15, 0.2) is 0 Å². The molecule has 0 fully saturated rings. The van der Waals surface area contributed by atoms with Gasteiger partial charge in [-0.15, -0.1) is 0 Å². The van der Waals surface area contributed by atoms with Crippen LogP contribution in [0.2, 0.25) is 0 Å². The van der Waals surface area contributed by atoms with Crippen molar-refractivity contribution in [2.24, 2.45) is 0 Å². The van der Waals surface area contributed by atoms with E-state index in [2.05, 4.69) is 6.58 Å². The van der Waals surface area contributed by atoms with Crippen molar-refractivity contribution >= 4 is 5.57 Å². The molecule has 0 saturated heterocycles. The van der Waals surface area contributed by atoms with Crippen molar-refractivity contribution < 1.29 is 13.2 Å². The van der Waals surface area contributed by atoms with Crippen LogP contribution in [-0.4, -0.2) is 6.18 Å². The second-order valence-electron chi connectivity index (χ2n) is 3.91. The Kier molecular flexibility index (Phi) is 4.54. The lowest BCUT2D eigenvalue weighted by Gasteiger charge is -2.09. The van der Waals surface area contributed by atoms with Gasteiger partial charge in [0.2, 0.25) is 0 Å². The van der Waals surface area contributed by atoms with Crippen molar-refractivity contribution in [2.45, 2.75) is 20.0 Å². The summed E-state index contributed by atoms with van der Waals surface area (Å²) in [5, 5.41) is 0. The van der Waals surface area contributed by atoms with Crippen molar-refractivity contribution in [3.63, 3.8) is 0 Å². The Morgan fingerprint density at radius 1 is 1.17 bits per heavy atom. The molecule has 0 amide bonds. The first-order valence-corrected chi connectivity index (χ1v) is 5.53. The van der Waals surface area contributed by atoms with Crippen LogP contribution in [0.4, 0.5) is 13.2 Å². The van der Waals surface area contributed by atoms with Crippen LogP contribution in [0.25, 0.3) is 5.57 Å². The van der Waals surface area contributed by atoms with Crippen LogP contribution < -0.4 is 0 Å². The second-order valence-corrected chi connectivity index (χ2v) is 3.91. The van der Waals surface area contributed by atoms with E-state index in [0.29, 0.717) is 5.57 Å². The van der Waals surface area contributed by atoms with Gasteiger partial charge in [0.25, 0.3) is 0 Å². The zero-order chi connectivity index (χ0) is 13.8. The van der Waals surface area contributed by atoms with Gasteiger partial charge in [-0.2, -0.15) is 13.2 Å². The quantitative estimate of drug-likeness (QED) is 0.658. The monoisotopic (exact) mass is 252 g/mol. The summed E-state index contributed by atoms with van der Waals surface area (Å²) in [4.78, 5) is 0. The van der Waals surface area contributed by atoms with Gasteiger partial charge in [0, 0.05) is 0 Å². The van der Waals surface area contributed by atoms with Crippen LogP contribution in [0.1, 0.15) is 18.1 Å². The molecule has 0 bridgehead atoms. The highest BCUT2D eigenvalue weighted by atomic mass is 19.4. The zero-order valence-corrected chi connectivity index (χ0v) is 10.4. The minimum absolute atomic E-state index is 0.530. The molecule has 0 atom stereocenters. The molecule has 0 aliphatic heterocycles. The van der Waals surface area contributed by atoms with Crippen molar-refractivity contribution in [2.75, 3.05) is 0 Å². The maximum atomic E-state index is 12.6. The summed E-state index contributed by atoms with van der Waals surface area (Å²) in [5.74, 6) is 0. The number of halogens is 3. The van der Waals surface area contributed by atoms with E-state index in [0.717, 1.165) is 23.3 Å². The number of benzene rings is 1. The Labute approximate surface area is 105 Å².